The van der Waals surface area contributed by atoms with Gasteiger partial charge in [0.15, 0.2) is 0 Å². The van der Waals surface area contributed by atoms with E-state index in [2.05, 4.69) is 10.6 Å². The Bertz CT molecular complexity index is 548. The molecule has 5 heteroatoms. The van der Waals surface area contributed by atoms with Gasteiger partial charge in [0.2, 0.25) is 5.91 Å². The fourth-order valence-corrected chi connectivity index (χ4v) is 4.07. The molecular formula is C18H25FN2O2. The van der Waals surface area contributed by atoms with Crippen LogP contribution in [0.2, 0.25) is 0 Å². The van der Waals surface area contributed by atoms with Crippen LogP contribution in [-0.2, 0) is 9.53 Å². The molecule has 0 aromatic heterocycles. The summed E-state index contributed by atoms with van der Waals surface area (Å²) in [7, 11) is 1.61. The van der Waals surface area contributed by atoms with Crippen molar-refractivity contribution in [2.75, 3.05) is 26.7 Å². The molecule has 0 bridgehead atoms. The fourth-order valence-electron chi connectivity index (χ4n) is 4.07. The summed E-state index contributed by atoms with van der Waals surface area (Å²) < 4.78 is 18.5. The van der Waals surface area contributed by atoms with Gasteiger partial charge in [-0.1, -0.05) is 25.0 Å². The molecule has 2 aliphatic rings. The predicted octanol–water partition coefficient (Wildman–Crippen LogP) is 2.41. The number of carbonyl (C=O) groups excluding carboxylic acids is 1. The van der Waals surface area contributed by atoms with Crippen LogP contribution < -0.4 is 10.6 Å². The van der Waals surface area contributed by atoms with Crippen molar-refractivity contribution in [2.24, 2.45) is 11.3 Å². The van der Waals surface area contributed by atoms with Gasteiger partial charge >= 0.3 is 0 Å². The Kier molecular flexibility index (Phi) is 4.97. The molecule has 1 saturated heterocycles. The van der Waals surface area contributed by atoms with Gasteiger partial charge in [-0.3, -0.25) is 4.79 Å². The number of benzene rings is 1. The molecule has 3 atom stereocenters. The van der Waals surface area contributed by atoms with Crippen LogP contribution in [0.5, 0.6) is 0 Å². The molecule has 1 saturated carbocycles. The maximum Gasteiger partial charge on any atom is 0.227 e. The second-order valence-electron chi connectivity index (χ2n) is 6.72. The Labute approximate surface area is 136 Å². The van der Waals surface area contributed by atoms with Crippen LogP contribution >= 0.6 is 0 Å². The Hall–Kier alpha value is -1.46. The van der Waals surface area contributed by atoms with Crippen LogP contribution in [-0.4, -0.2) is 32.7 Å². The molecule has 1 aliphatic heterocycles. The average molecular weight is 320 g/mol. The summed E-state index contributed by atoms with van der Waals surface area (Å²) in [6.45, 7) is 2.13. The smallest absolute Gasteiger partial charge is 0.227 e. The van der Waals surface area contributed by atoms with Crippen molar-refractivity contribution in [3.05, 3.63) is 35.6 Å². The summed E-state index contributed by atoms with van der Waals surface area (Å²) >= 11 is 0. The summed E-state index contributed by atoms with van der Waals surface area (Å²) in [5.41, 5.74) is 0.621. The van der Waals surface area contributed by atoms with Crippen LogP contribution in [0.4, 0.5) is 4.39 Å². The number of halogens is 1. The molecule has 1 amide bonds. The zero-order valence-corrected chi connectivity index (χ0v) is 13.6. The summed E-state index contributed by atoms with van der Waals surface area (Å²) in [6, 6.07) is 6.24. The second kappa shape index (κ2) is 6.97. The molecule has 1 aliphatic carbocycles. The van der Waals surface area contributed by atoms with Crippen LogP contribution in [0.3, 0.4) is 0 Å². The van der Waals surface area contributed by atoms with Crippen molar-refractivity contribution in [2.45, 2.75) is 31.8 Å². The molecule has 0 spiro atoms. The lowest BCUT2D eigenvalue weighted by Crippen LogP contribution is -2.48. The normalized spacial score (nSPS) is 28.2. The van der Waals surface area contributed by atoms with Crippen LogP contribution in [0.1, 0.15) is 37.4 Å². The number of fused-ring (bicyclic) bond motifs is 1. The third-order valence-corrected chi connectivity index (χ3v) is 5.46. The van der Waals surface area contributed by atoms with Crippen molar-refractivity contribution < 1.29 is 13.9 Å². The van der Waals surface area contributed by atoms with E-state index < -0.39 is 0 Å². The van der Waals surface area contributed by atoms with Gasteiger partial charge in [0.1, 0.15) is 5.82 Å². The maximum absolute atomic E-state index is 13.0. The molecular weight excluding hydrogens is 295 g/mol. The first-order valence-electron chi connectivity index (χ1n) is 8.43. The van der Waals surface area contributed by atoms with E-state index in [1.165, 1.54) is 18.6 Å². The van der Waals surface area contributed by atoms with Crippen molar-refractivity contribution in [1.29, 1.82) is 0 Å². The Balaban J connectivity index is 1.64. The lowest BCUT2D eigenvalue weighted by atomic mass is 9.67. The highest BCUT2D eigenvalue weighted by atomic mass is 19.1. The topological polar surface area (TPSA) is 50.4 Å². The zero-order valence-electron chi connectivity index (χ0n) is 13.6. The Morgan fingerprint density at radius 1 is 1.43 bits per heavy atom. The molecule has 4 nitrogen and oxygen atoms in total. The first-order chi connectivity index (χ1) is 11.2. The molecule has 126 valence electrons. The maximum atomic E-state index is 13.0. The summed E-state index contributed by atoms with van der Waals surface area (Å²) in [5.74, 6) is 0.313. The quantitative estimate of drug-likeness (QED) is 0.876. The van der Waals surface area contributed by atoms with Crippen LogP contribution in [0.15, 0.2) is 24.3 Å². The van der Waals surface area contributed by atoms with Crippen molar-refractivity contribution >= 4 is 5.91 Å². The molecule has 2 N–H and O–H groups in total. The van der Waals surface area contributed by atoms with Crippen molar-refractivity contribution in [3.63, 3.8) is 0 Å². The highest BCUT2D eigenvalue weighted by Gasteiger charge is 2.49. The van der Waals surface area contributed by atoms with E-state index in [1.54, 1.807) is 19.2 Å². The van der Waals surface area contributed by atoms with Gasteiger partial charge in [-0.05, 0) is 43.0 Å². The van der Waals surface area contributed by atoms with Crippen molar-refractivity contribution in [1.82, 2.24) is 10.6 Å². The van der Waals surface area contributed by atoms with Crippen LogP contribution in [0, 0.1) is 17.2 Å². The molecule has 2 fully saturated rings. The third kappa shape index (κ3) is 3.26. The molecule has 23 heavy (non-hydrogen) atoms. The molecule has 3 rings (SSSR count). The van der Waals surface area contributed by atoms with Gasteiger partial charge in [-0.2, -0.15) is 0 Å². The summed E-state index contributed by atoms with van der Waals surface area (Å²) in [6.07, 6.45) is 4.18. The Morgan fingerprint density at radius 3 is 2.96 bits per heavy atom. The van der Waals surface area contributed by atoms with E-state index in [1.807, 2.05) is 0 Å². The van der Waals surface area contributed by atoms with Gasteiger partial charge < -0.3 is 15.4 Å². The SMILES string of the molecule is COC(CNC(=O)[C@@]12CCCC[C@H]1CNC2)c1ccc(F)cc1. The number of amides is 1. The van der Waals surface area contributed by atoms with Gasteiger partial charge in [0.25, 0.3) is 0 Å². The number of hydrogen-bond acceptors (Lipinski definition) is 3. The summed E-state index contributed by atoms with van der Waals surface area (Å²) in [5, 5.41) is 6.47. The van der Waals surface area contributed by atoms with E-state index in [0.29, 0.717) is 12.5 Å². The fraction of sp³-hybridized carbons (Fsp3) is 0.611. The minimum atomic E-state index is -0.270. The van der Waals surface area contributed by atoms with Crippen LogP contribution in [0.25, 0.3) is 0 Å². The monoisotopic (exact) mass is 320 g/mol. The van der Waals surface area contributed by atoms with Gasteiger partial charge in [-0.25, -0.2) is 4.39 Å². The molecule has 1 aromatic rings. The van der Waals surface area contributed by atoms with Crippen molar-refractivity contribution in [3.8, 4) is 0 Å². The second-order valence-corrected chi connectivity index (χ2v) is 6.72. The molecule has 0 radical (unpaired) electrons. The van der Waals surface area contributed by atoms with E-state index >= 15 is 0 Å². The number of carbonyl (C=O) groups is 1. The van der Waals surface area contributed by atoms with E-state index in [0.717, 1.165) is 37.9 Å². The van der Waals surface area contributed by atoms with E-state index in [9.17, 15) is 9.18 Å². The van der Waals surface area contributed by atoms with Gasteiger partial charge in [0, 0.05) is 20.2 Å². The highest BCUT2D eigenvalue weighted by Crippen LogP contribution is 2.43. The number of ether oxygens (including phenoxy) is 1. The standard InChI is InChI=1S/C18H25FN2O2/c1-23-16(13-5-7-15(19)8-6-13)11-21-17(22)18-9-3-2-4-14(18)10-20-12-18/h5-8,14,16,20H,2-4,9-12H2,1H3,(H,21,22)/t14-,16?,18+/m0/s1. The number of methoxy groups -OCH3 is 1. The third-order valence-electron chi connectivity index (χ3n) is 5.46. The predicted molar refractivity (Wildman–Crippen MR) is 86.4 cm³/mol. The molecule has 1 heterocycles. The Morgan fingerprint density at radius 2 is 2.22 bits per heavy atom. The highest BCUT2D eigenvalue weighted by molar-refractivity contribution is 5.84. The summed E-state index contributed by atoms with van der Waals surface area (Å²) in [4.78, 5) is 12.8. The number of nitrogens with one attached hydrogen (secondary N) is 2. The molecule has 1 aromatic carbocycles. The average Bonchev–Trinajstić information content (AvgIpc) is 3.02. The zero-order chi connectivity index (χ0) is 16.3. The van der Waals surface area contributed by atoms with Gasteiger partial charge in [0.05, 0.1) is 11.5 Å². The molecule has 1 unspecified atom stereocenters. The first-order valence-corrected chi connectivity index (χ1v) is 8.43. The number of rotatable bonds is 5. The minimum absolute atomic E-state index is 0.136. The number of hydrogen-bond donors (Lipinski definition) is 2. The minimum Gasteiger partial charge on any atom is -0.375 e. The first kappa shape index (κ1) is 16.4. The lowest BCUT2D eigenvalue weighted by Gasteiger charge is -2.37. The lowest BCUT2D eigenvalue weighted by molar-refractivity contribution is -0.134. The van der Waals surface area contributed by atoms with E-state index in [4.69, 9.17) is 4.74 Å². The van der Waals surface area contributed by atoms with Gasteiger partial charge in [-0.15, -0.1) is 0 Å². The van der Waals surface area contributed by atoms with E-state index in [-0.39, 0.29) is 23.2 Å². The largest absolute Gasteiger partial charge is 0.375 e.